The molecule has 0 aliphatic heterocycles. The molecular formula is C16H13ClO. The highest BCUT2D eigenvalue weighted by Crippen LogP contribution is 2.35. The molecule has 3 rings (SSSR count). The maximum atomic E-state index is 6.60. The Hall–Kier alpha value is -1.73. The first-order valence-electron chi connectivity index (χ1n) is 5.93. The van der Waals surface area contributed by atoms with Crippen molar-refractivity contribution in [2.24, 2.45) is 0 Å². The van der Waals surface area contributed by atoms with E-state index in [0.29, 0.717) is 0 Å². The normalized spacial score (nSPS) is 12.8. The summed E-state index contributed by atoms with van der Waals surface area (Å²) < 4.78 is 5.33. The molecule has 2 heteroatoms. The van der Waals surface area contributed by atoms with E-state index in [0.717, 1.165) is 16.9 Å². The van der Waals surface area contributed by atoms with Crippen LogP contribution < -0.4 is 0 Å². The van der Waals surface area contributed by atoms with Crippen LogP contribution in [0.1, 0.15) is 22.3 Å². The van der Waals surface area contributed by atoms with Crippen molar-refractivity contribution in [3.63, 3.8) is 0 Å². The van der Waals surface area contributed by atoms with Crippen LogP contribution >= 0.6 is 11.6 Å². The van der Waals surface area contributed by atoms with Crippen LogP contribution in [0, 0.1) is 6.92 Å². The molecule has 0 spiro atoms. The van der Waals surface area contributed by atoms with Crippen LogP contribution in [0.25, 0.3) is 10.8 Å². The lowest BCUT2D eigenvalue weighted by atomic mass is 9.98. The Labute approximate surface area is 111 Å². The number of aryl methyl sites for hydroxylation is 1. The molecule has 0 N–H and O–H groups in total. The number of hydrogen-bond acceptors (Lipinski definition) is 1. The van der Waals surface area contributed by atoms with E-state index in [-0.39, 0.29) is 5.38 Å². The molecule has 1 heterocycles. The van der Waals surface area contributed by atoms with Crippen molar-refractivity contribution < 1.29 is 4.42 Å². The Morgan fingerprint density at radius 3 is 2.50 bits per heavy atom. The summed E-state index contributed by atoms with van der Waals surface area (Å²) in [6.07, 6.45) is 1.69. The molecule has 90 valence electrons. The Morgan fingerprint density at radius 2 is 1.72 bits per heavy atom. The molecule has 1 atom stereocenters. The maximum absolute atomic E-state index is 6.60. The van der Waals surface area contributed by atoms with E-state index < -0.39 is 0 Å². The van der Waals surface area contributed by atoms with E-state index in [1.807, 2.05) is 31.2 Å². The van der Waals surface area contributed by atoms with Crippen LogP contribution in [0.5, 0.6) is 0 Å². The summed E-state index contributed by atoms with van der Waals surface area (Å²) in [6, 6.07) is 16.4. The lowest BCUT2D eigenvalue weighted by molar-refractivity contribution is 0.530. The summed E-state index contributed by atoms with van der Waals surface area (Å²) in [6.45, 7) is 1.94. The lowest BCUT2D eigenvalue weighted by Crippen LogP contribution is -1.94. The first-order valence-corrected chi connectivity index (χ1v) is 6.37. The highest BCUT2D eigenvalue weighted by Gasteiger charge is 2.17. The van der Waals surface area contributed by atoms with Crippen molar-refractivity contribution in [1.82, 2.24) is 0 Å². The number of hydrogen-bond donors (Lipinski definition) is 0. The molecule has 3 aromatic rings. The highest BCUT2D eigenvalue weighted by atomic mass is 35.5. The molecule has 0 saturated carbocycles. The van der Waals surface area contributed by atoms with Gasteiger partial charge in [0.2, 0.25) is 0 Å². The SMILES string of the molecule is Cc1occc1C(Cl)c1cccc2ccccc12. The molecule has 0 aliphatic carbocycles. The van der Waals surface area contributed by atoms with Gasteiger partial charge in [0.15, 0.2) is 0 Å². The zero-order valence-corrected chi connectivity index (χ0v) is 10.8. The highest BCUT2D eigenvalue weighted by molar-refractivity contribution is 6.23. The summed E-state index contributed by atoms with van der Waals surface area (Å²) in [7, 11) is 0. The third kappa shape index (κ3) is 1.81. The minimum Gasteiger partial charge on any atom is -0.469 e. The summed E-state index contributed by atoms with van der Waals surface area (Å²) in [5.74, 6) is 0.878. The summed E-state index contributed by atoms with van der Waals surface area (Å²) in [4.78, 5) is 0. The predicted molar refractivity (Wildman–Crippen MR) is 75.1 cm³/mol. The third-order valence-corrected chi connectivity index (χ3v) is 3.74. The minimum atomic E-state index is -0.171. The number of benzene rings is 2. The molecule has 1 nitrogen and oxygen atoms in total. The molecule has 0 bridgehead atoms. The minimum absolute atomic E-state index is 0.171. The van der Waals surface area contributed by atoms with Crippen LogP contribution in [0.3, 0.4) is 0 Å². The van der Waals surface area contributed by atoms with Gasteiger partial charge in [0.05, 0.1) is 11.6 Å². The van der Waals surface area contributed by atoms with Gasteiger partial charge in [-0.1, -0.05) is 42.5 Å². The van der Waals surface area contributed by atoms with Gasteiger partial charge in [-0.25, -0.2) is 0 Å². The number of rotatable bonds is 2. The fourth-order valence-electron chi connectivity index (χ4n) is 2.30. The van der Waals surface area contributed by atoms with Crippen molar-refractivity contribution in [2.45, 2.75) is 12.3 Å². The van der Waals surface area contributed by atoms with Gasteiger partial charge in [-0.05, 0) is 29.3 Å². The van der Waals surface area contributed by atoms with Gasteiger partial charge in [-0.15, -0.1) is 11.6 Å². The number of alkyl halides is 1. The third-order valence-electron chi connectivity index (χ3n) is 3.27. The molecule has 0 amide bonds. The lowest BCUT2D eigenvalue weighted by Gasteiger charge is -2.12. The Balaban J connectivity index is 2.18. The summed E-state index contributed by atoms with van der Waals surface area (Å²) in [5.41, 5.74) is 2.16. The second-order valence-electron chi connectivity index (χ2n) is 4.36. The summed E-state index contributed by atoms with van der Waals surface area (Å²) in [5, 5.41) is 2.23. The van der Waals surface area contributed by atoms with Crippen molar-refractivity contribution in [3.8, 4) is 0 Å². The van der Waals surface area contributed by atoms with E-state index >= 15 is 0 Å². The van der Waals surface area contributed by atoms with E-state index in [4.69, 9.17) is 16.0 Å². The van der Waals surface area contributed by atoms with Crippen molar-refractivity contribution in [1.29, 1.82) is 0 Å². The fraction of sp³-hybridized carbons (Fsp3) is 0.125. The van der Waals surface area contributed by atoms with E-state index in [2.05, 4.69) is 24.3 Å². The molecular weight excluding hydrogens is 244 g/mol. The molecule has 0 radical (unpaired) electrons. The largest absolute Gasteiger partial charge is 0.469 e. The Kier molecular flexibility index (Phi) is 2.85. The smallest absolute Gasteiger partial charge is 0.105 e. The standard InChI is InChI=1S/C16H13ClO/c1-11-13(9-10-18-11)16(17)15-8-4-6-12-5-2-3-7-14(12)15/h2-10,16H,1H3. The van der Waals surface area contributed by atoms with Crippen molar-refractivity contribution in [3.05, 3.63) is 71.7 Å². The molecule has 1 aromatic heterocycles. The van der Waals surface area contributed by atoms with Gasteiger partial charge in [-0.3, -0.25) is 0 Å². The van der Waals surface area contributed by atoms with Crippen molar-refractivity contribution >= 4 is 22.4 Å². The Morgan fingerprint density at radius 1 is 0.944 bits per heavy atom. The first kappa shape index (κ1) is 11.4. The van der Waals surface area contributed by atoms with Gasteiger partial charge >= 0.3 is 0 Å². The number of fused-ring (bicyclic) bond motifs is 1. The van der Waals surface area contributed by atoms with Gasteiger partial charge in [0.1, 0.15) is 5.76 Å². The zero-order chi connectivity index (χ0) is 12.5. The van der Waals surface area contributed by atoms with Gasteiger partial charge in [0, 0.05) is 5.56 Å². The van der Waals surface area contributed by atoms with E-state index in [1.54, 1.807) is 6.26 Å². The quantitative estimate of drug-likeness (QED) is 0.584. The monoisotopic (exact) mass is 256 g/mol. The molecule has 18 heavy (non-hydrogen) atoms. The number of furan rings is 1. The molecule has 0 fully saturated rings. The zero-order valence-electron chi connectivity index (χ0n) is 10.1. The van der Waals surface area contributed by atoms with E-state index in [1.165, 1.54) is 10.8 Å². The fourth-order valence-corrected chi connectivity index (χ4v) is 2.71. The average Bonchev–Trinajstić information content (AvgIpc) is 2.83. The second-order valence-corrected chi connectivity index (χ2v) is 4.80. The van der Waals surface area contributed by atoms with Crippen LogP contribution in [0.2, 0.25) is 0 Å². The van der Waals surface area contributed by atoms with Crippen LogP contribution in [-0.4, -0.2) is 0 Å². The first-order chi connectivity index (χ1) is 8.77. The van der Waals surface area contributed by atoms with Crippen molar-refractivity contribution in [2.75, 3.05) is 0 Å². The molecule has 2 aromatic carbocycles. The maximum Gasteiger partial charge on any atom is 0.105 e. The van der Waals surface area contributed by atoms with Gasteiger partial charge in [0.25, 0.3) is 0 Å². The van der Waals surface area contributed by atoms with Crippen LogP contribution in [-0.2, 0) is 0 Å². The van der Waals surface area contributed by atoms with Crippen LogP contribution in [0.15, 0.2) is 59.2 Å². The average molecular weight is 257 g/mol. The molecule has 1 unspecified atom stereocenters. The second kappa shape index (κ2) is 4.51. The van der Waals surface area contributed by atoms with Gasteiger partial charge < -0.3 is 4.42 Å². The van der Waals surface area contributed by atoms with Crippen LogP contribution in [0.4, 0.5) is 0 Å². The number of halogens is 1. The van der Waals surface area contributed by atoms with E-state index in [9.17, 15) is 0 Å². The van der Waals surface area contributed by atoms with Gasteiger partial charge in [-0.2, -0.15) is 0 Å². The topological polar surface area (TPSA) is 13.1 Å². The summed E-state index contributed by atoms with van der Waals surface area (Å²) >= 11 is 6.60. The predicted octanol–water partition coefficient (Wildman–Crippen LogP) is 5.07. The Bertz CT molecular complexity index is 679. The molecule has 0 aliphatic rings. The molecule has 0 saturated heterocycles.